The van der Waals surface area contributed by atoms with Crippen LogP contribution in [0.25, 0.3) is 16.7 Å². The summed E-state index contributed by atoms with van der Waals surface area (Å²) in [5.74, 6) is -0.353. The van der Waals surface area contributed by atoms with Gasteiger partial charge in [-0.3, -0.25) is 9.36 Å². The van der Waals surface area contributed by atoms with Gasteiger partial charge in [-0.15, -0.1) is 0 Å². The number of halogens is 1. The molecule has 2 heterocycles. The minimum Gasteiger partial charge on any atom is -0.389 e. The molecule has 0 unspecified atom stereocenters. The summed E-state index contributed by atoms with van der Waals surface area (Å²) in [7, 11) is 0. The standard InChI is InChI=1S/C24H23FN4O3/c25-17-8-10-18(11-9-17)29-23-21(12-27-29)24(31)28(15-26-23)13-19(30)14-32-22-7-3-5-16-4-1-2-6-20(16)22/h1-2,4,6,8-12,15,19,22,30H,3,5,7,13-14H2/t19-,22-/m0/s1. The molecule has 8 heteroatoms. The van der Waals surface area contributed by atoms with Crippen molar-refractivity contribution in [3.05, 3.63) is 88.4 Å². The maximum atomic E-state index is 13.2. The number of rotatable bonds is 6. The summed E-state index contributed by atoms with van der Waals surface area (Å²) in [4.78, 5) is 17.2. The molecule has 32 heavy (non-hydrogen) atoms. The molecule has 7 nitrogen and oxygen atoms in total. The predicted molar refractivity (Wildman–Crippen MR) is 117 cm³/mol. The van der Waals surface area contributed by atoms with E-state index in [0.717, 1.165) is 19.3 Å². The molecule has 0 fully saturated rings. The Morgan fingerprint density at radius 1 is 1.19 bits per heavy atom. The van der Waals surface area contributed by atoms with Crippen molar-refractivity contribution in [2.24, 2.45) is 0 Å². The maximum Gasteiger partial charge on any atom is 0.264 e. The van der Waals surface area contributed by atoms with E-state index in [2.05, 4.69) is 22.2 Å². The number of ether oxygens (including phenoxy) is 1. The molecule has 0 radical (unpaired) electrons. The number of hydrogen-bond donors (Lipinski definition) is 1. The van der Waals surface area contributed by atoms with Crippen molar-refractivity contribution in [3.8, 4) is 5.69 Å². The van der Waals surface area contributed by atoms with Gasteiger partial charge in [0.25, 0.3) is 5.56 Å². The summed E-state index contributed by atoms with van der Waals surface area (Å²) in [6.07, 6.45) is 4.95. The highest BCUT2D eigenvalue weighted by Crippen LogP contribution is 2.32. The Morgan fingerprint density at radius 2 is 2.00 bits per heavy atom. The van der Waals surface area contributed by atoms with Crippen molar-refractivity contribution in [1.82, 2.24) is 19.3 Å². The molecule has 1 aliphatic rings. The Hall–Kier alpha value is -3.36. The highest BCUT2D eigenvalue weighted by Gasteiger charge is 2.22. The highest BCUT2D eigenvalue weighted by atomic mass is 19.1. The van der Waals surface area contributed by atoms with E-state index in [-0.39, 0.29) is 30.6 Å². The van der Waals surface area contributed by atoms with Gasteiger partial charge in [-0.1, -0.05) is 24.3 Å². The van der Waals surface area contributed by atoms with Crippen LogP contribution in [0.4, 0.5) is 4.39 Å². The van der Waals surface area contributed by atoms with Gasteiger partial charge in [0.2, 0.25) is 0 Å². The molecule has 4 aromatic rings. The van der Waals surface area contributed by atoms with E-state index in [0.29, 0.717) is 16.7 Å². The van der Waals surface area contributed by atoms with Gasteiger partial charge in [-0.2, -0.15) is 5.10 Å². The van der Waals surface area contributed by atoms with Gasteiger partial charge in [0.15, 0.2) is 5.65 Å². The quantitative estimate of drug-likeness (QED) is 0.504. The van der Waals surface area contributed by atoms with Crippen LogP contribution in [0.5, 0.6) is 0 Å². The zero-order valence-electron chi connectivity index (χ0n) is 17.4. The number of aryl methyl sites for hydroxylation is 1. The lowest BCUT2D eigenvalue weighted by Crippen LogP contribution is -2.30. The van der Waals surface area contributed by atoms with Crippen LogP contribution in [0.15, 0.2) is 65.8 Å². The number of hydrogen-bond acceptors (Lipinski definition) is 5. The number of benzene rings is 2. The second kappa shape index (κ2) is 8.64. The van der Waals surface area contributed by atoms with Crippen LogP contribution in [0, 0.1) is 5.82 Å². The molecule has 5 rings (SSSR count). The molecular weight excluding hydrogens is 411 g/mol. The lowest BCUT2D eigenvalue weighted by atomic mass is 9.89. The monoisotopic (exact) mass is 434 g/mol. The first-order valence-electron chi connectivity index (χ1n) is 10.7. The first-order chi connectivity index (χ1) is 15.6. The third-order valence-corrected chi connectivity index (χ3v) is 5.84. The number of aliphatic hydroxyl groups is 1. The molecule has 164 valence electrons. The average Bonchev–Trinajstić information content (AvgIpc) is 3.25. The van der Waals surface area contributed by atoms with Gasteiger partial charge in [0, 0.05) is 0 Å². The molecule has 1 N–H and O–H groups in total. The summed E-state index contributed by atoms with van der Waals surface area (Å²) in [6, 6.07) is 14.0. The summed E-state index contributed by atoms with van der Waals surface area (Å²) in [5.41, 5.74) is 3.15. The fourth-order valence-corrected chi connectivity index (χ4v) is 4.24. The normalized spacial score (nSPS) is 16.8. The van der Waals surface area contributed by atoms with Crippen LogP contribution in [0.3, 0.4) is 0 Å². The Morgan fingerprint density at radius 3 is 2.84 bits per heavy atom. The van der Waals surface area contributed by atoms with Crippen LogP contribution in [-0.2, 0) is 17.7 Å². The van der Waals surface area contributed by atoms with Crippen molar-refractivity contribution in [1.29, 1.82) is 0 Å². The molecule has 0 saturated heterocycles. The Kier molecular flexibility index (Phi) is 5.55. The molecule has 2 aromatic carbocycles. The Labute approximate surface area is 183 Å². The third kappa shape index (κ3) is 3.94. The molecular formula is C24H23FN4O3. The van der Waals surface area contributed by atoms with Crippen LogP contribution in [-0.4, -0.2) is 37.1 Å². The zero-order valence-corrected chi connectivity index (χ0v) is 17.4. The van der Waals surface area contributed by atoms with Gasteiger partial charge < -0.3 is 9.84 Å². The van der Waals surface area contributed by atoms with E-state index < -0.39 is 6.10 Å². The van der Waals surface area contributed by atoms with Gasteiger partial charge in [0.05, 0.1) is 37.2 Å². The second-order valence-corrected chi connectivity index (χ2v) is 8.04. The van der Waals surface area contributed by atoms with Crippen LogP contribution in [0.1, 0.15) is 30.1 Å². The molecule has 0 amide bonds. The third-order valence-electron chi connectivity index (χ3n) is 5.84. The summed E-state index contributed by atoms with van der Waals surface area (Å²) in [5, 5.41) is 15.1. The van der Waals surface area contributed by atoms with Crippen LogP contribution < -0.4 is 5.56 Å². The van der Waals surface area contributed by atoms with E-state index in [1.54, 1.807) is 12.1 Å². The molecule has 0 bridgehead atoms. The SMILES string of the molecule is O=c1c2cnn(-c3ccc(F)cc3)c2ncn1C[C@H](O)CO[C@H]1CCCc2ccccc21. The molecule has 0 saturated carbocycles. The number of aromatic nitrogens is 4. The van der Waals surface area contributed by atoms with Crippen molar-refractivity contribution in [2.45, 2.75) is 38.0 Å². The van der Waals surface area contributed by atoms with Crippen molar-refractivity contribution < 1.29 is 14.2 Å². The molecule has 1 aliphatic carbocycles. The summed E-state index contributed by atoms with van der Waals surface area (Å²) < 4.78 is 22.1. The summed E-state index contributed by atoms with van der Waals surface area (Å²) >= 11 is 0. The first-order valence-corrected chi connectivity index (χ1v) is 10.7. The molecule has 2 atom stereocenters. The van der Waals surface area contributed by atoms with Crippen LogP contribution >= 0.6 is 0 Å². The van der Waals surface area contributed by atoms with Gasteiger partial charge in [-0.25, -0.2) is 14.1 Å². The van der Waals surface area contributed by atoms with Crippen molar-refractivity contribution in [2.75, 3.05) is 6.61 Å². The molecule has 2 aromatic heterocycles. The fourth-order valence-electron chi connectivity index (χ4n) is 4.24. The van der Waals surface area contributed by atoms with Crippen molar-refractivity contribution in [3.63, 3.8) is 0 Å². The van der Waals surface area contributed by atoms with Gasteiger partial charge in [-0.05, 0) is 54.7 Å². The largest absolute Gasteiger partial charge is 0.389 e. The van der Waals surface area contributed by atoms with E-state index in [1.165, 1.54) is 45.0 Å². The van der Waals surface area contributed by atoms with Crippen LogP contribution in [0.2, 0.25) is 0 Å². The van der Waals surface area contributed by atoms with E-state index in [4.69, 9.17) is 4.74 Å². The number of aliphatic hydroxyl groups excluding tert-OH is 1. The lowest BCUT2D eigenvalue weighted by Gasteiger charge is -2.26. The average molecular weight is 434 g/mol. The van der Waals surface area contributed by atoms with E-state index in [1.807, 2.05) is 12.1 Å². The fraction of sp³-hybridized carbons (Fsp3) is 0.292. The van der Waals surface area contributed by atoms with Crippen molar-refractivity contribution >= 4 is 11.0 Å². The summed E-state index contributed by atoms with van der Waals surface area (Å²) in [6.45, 7) is 0.191. The second-order valence-electron chi connectivity index (χ2n) is 8.04. The topological polar surface area (TPSA) is 82.2 Å². The molecule has 0 aliphatic heterocycles. The zero-order chi connectivity index (χ0) is 22.1. The Balaban J connectivity index is 1.30. The lowest BCUT2D eigenvalue weighted by molar-refractivity contribution is -0.0228. The number of nitrogens with zero attached hydrogens (tertiary/aromatic N) is 4. The number of fused-ring (bicyclic) bond motifs is 2. The van der Waals surface area contributed by atoms with E-state index in [9.17, 15) is 14.3 Å². The smallest absolute Gasteiger partial charge is 0.264 e. The highest BCUT2D eigenvalue weighted by molar-refractivity contribution is 5.74. The van der Waals surface area contributed by atoms with E-state index >= 15 is 0 Å². The minimum absolute atomic E-state index is 0.0409. The van der Waals surface area contributed by atoms with Gasteiger partial charge >= 0.3 is 0 Å². The minimum atomic E-state index is -0.854. The van der Waals surface area contributed by atoms with Gasteiger partial charge in [0.1, 0.15) is 17.5 Å². The maximum absolute atomic E-state index is 13.2. The Bertz CT molecular complexity index is 1300. The predicted octanol–water partition coefficient (Wildman–Crippen LogP) is 3.18. The first kappa shape index (κ1) is 20.5. The molecule has 0 spiro atoms.